The Morgan fingerprint density at radius 2 is 1.76 bits per heavy atom. The molecule has 5 nitrogen and oxygen atoms in total. The molecule has 0 amide bonds. The fourth-order valence-corrected chi connectivity index (χ4v) is 2.16. The summed E-state index contributed by atoms with van der Waals surface area (Å²) in [5.41, 5.74) is 11.7. The summed E-state index contributed by atoms with van der Waals surface area (Å²) in [6, 6.07) is 8.66. The monoisotopic (exact) mass is 246 g/mol. The van der Waals surface area contributed by atoms with Crippen molar-refractivity contribution in [2.45, 2.75) is 10.1 Å². The van der Waals surface area contributed by atoms with E-state index in [0.29, 0.717) is 22.4 Å². The second-order valence-corrected chi connectivity index (χ2v) is 4.27. The molecule has 86 valence electrons. The third kappa shape index (κ3) is 2.73. The van der Waals surface area contributed by atoms with E-state index in [0.717, 1.165) is 11.2 Å². The zero-order valence-electron chi connectivity index (χ0n) is 8.83. The van der Waals surface area contributed by atoms with E-state index >= 15 is 0 Å². The van der Waals surface area contributed by atoms with Gasteiger partial charge in [0.1, 0.15) is 11.6 Å². The van der Waals surface area contributed by atoms with Gasteiger partial charge in [0.25, 0.3) is 0 Å². The lowest BCUT2D eigenvalue weighted by atomic mass is 10.2. The number of benzene rings is 1. The van der Waals surface area contributed by atoms with Gasteiger partial charge in [0.15, 0.2) is 11.4 Å². The van der Waals surface area contributed by atoms with Crippen molar-refractivity contribution in [2.75, 3.05) is 11.5 Å². The first-order valence-electron chi connectivity index (χ1n) is 4.81. The van der Waals surface area contributed by atoms with Crippen molar-refractivity contribution in [3.8, 4) is 0 Å². The van der Waals surface area contributed by atoms with Gasteiger partial charge in [-0.15, -0.1) is 0 Å². The van der Waals surface area contributed by atoms with Crippen LogP contribution in [0.2, 0.25) is 0 Å². The second-order valence-electron chi connectivity index (χ2n) is 3.26. The first-order chi connectivity index (χ1) is 8.19. The minimum absolute atomic E-state index is 0.309. The van der Waals surface area contributed by atoms with Crippen LogP contribution in [0.5, 0.6) is 0 Å². The van der Waals surface area contributed by atoms with E-state index in [-0.39, 0.29) is 0 Å². The van der Waals surface area contributed by atoms with Crippen molar-refractivity contribution >= 4 is 29.7 Å². The van der Waals surface area contributed by atoms with Crippen molar-refractivity contribution in [1.29, 1.82) is 0 Å². The molecule has 6 heteroatoms. The SMILES string of the molecule is Nc1cc(N)nc(Sc2ccccc2C=O)n1. The normalized spacial score (nSPS) is 10.1. The Kier molecular flexibility index (Phi) is 3.24. The summed E-state index contributed by atoms with van der Waals surface area (Å²) in [4.78, 5) is 19.7. The summed E-state index contributed by atoms with van der Waals surface area (Å²) in [5, 5.41) is 0.428. The van der Waals surface area contributed by atoms with Gasteiger partial charge in [0.05, 0.1) is 0 Å². The molecule has 0 radical (unpaired) electrons. The number of nitrogens with two attached hydrogens (primary N) is 2. The van der Waals surface area contributed by atoms with E-state index in [1.54, 1.807) is 12.1 Å². The molecule has 4 N–H and O–H groups in total. The molecule has 17 heavy (non-hydrogen) atoms. The zero-order chi connectivity index (χ0) is 12.3. The maximum atomic E-state index is 10.8. The molecule has 2 rings (SSSR count). The molecular formula is C11H10N4OS. The smallest absolute Gasteiger partial charge is 0.196 e. The second kappa shape index (κ2) is 4.84. The standard InChI is InChI=1S/C11H10N4OS/c12-9-5-10(13)15-11(14-9)17-8-4-2-1-3-7(8)6-16/h1-6H,(H4,12,13,14,15). The molecule has 0 atom stereocenters. The van der Waals surface area contributed by atoms with Gasteiger partial charge in [-0.1, -0.05) is 18.2 Å². The summed E-state index contributed by atoms with van der Waals surface area (Å²) in [6.07, 6.45) is 0.790. The van der Waals surface area contributed by atoms with Crippen molar-refractivity contribution in [2.24, 2.45) is 0 Å². The zero-order valence-corrected chi connectivity index (χ0v) is 9.65. The predicted molar refractivity (Wildman–Crippen MR) is 66.8 cm³/mol. The fourth-order valence-electron chi connectivity index (χ4n) is 1.28. The van der Waals surface area contributed by atoms with E-state index in [4.69, 9.17) is 11.5 Å². The maximum absolute atomic E-state index is 10.8. The number of aromatic nitrogens is 2. The quantitative estimate of drug-likeness (QED) is 0.631. The maximum Gasteiger partial charge on any atom is 0.196 e. The predicted octanol–water partition coefficient (Wildman–Crippen LogP) is 1.60. The van der Waals surface area contributed by atoms with Gasteiger partial charge in [-0.2, -0.15) is 0 Å². The van der Waals surface area contributed by atoms with Crippen LogP contribution in [0.15, 0.2) is 40.4 Å². The van der Waals surface area contributed by atoms with Gasteiger partial charge in [-0.3, -0.25) is 4.79 Å². The molecule has 1 aromatic heterocycles. The number of aldehydes is 1. The van der Waals surface area contributed by atoms with Gasteiger partial charge in [-0.25, -0.2) is 9.97 Å². The van der Waals surface area contributed by atoms with Crippen LogP contribution in [0, 0.1) is 0 Å². The molecule has 0 saturated heterocycles. The average Bonchev–Trinajstić information content (AvgIpc) is 2.28. The van der Waals surface area contributed by atoms with Gasteiger partial charge < -0.3 is 11.5 Å². The molecule has 2 aromatic rings. The molecule has 0 aliphatic carbocycles. The number of anilines is 2. The third-order valence-corrected chi connectivity index (χ3v) is 2.95. The van der Waals surface area contributed by atoms with Crippen LogP contribution < -0.4 is 11.5 Å². The summed E-state index contributed by atoms with van der Waals surface area (Å²) >= 11 is 1.25. The lowest BCUT2D eigenvalue weighted by Crippen LogP contribution is -1.99. The lowest BCUT2D eigenvalue weighted by Gasteiger charge is -2.04. The molecule has 0 unspecified atom stereocenters. The number of nitrogens with zero attached hydrogens (tertiary/aromatic N) is 2. The van der Waals surface area contributed by atoms with Gasteiger partial charge in [-0.05, 0) is 17.8 Å². The minimum atomic E-state index is 0.309. The van der Waals surface area contributed by atoms with E-state index in [2.05, 4.69) is 9.97 Å². The average molecular weight is 246 g/mol. The number of hydrogen-bond acceptors (Lipinski definition) is 6. The van der Waals surface area contributed by atoms with Crippen LogP contribution in [0.4, 0.5) is 11.6 Å². The van der Waals surface area contributed by atoms with Crippen molar-refractivity contribution in [3.05, 3.63) is 35.9 Å². The fraction of sp³-hybridized carbons (Fsp3) is 0. The Bertz CT molecular complexity index is 539. The number of hydrogen-bond donors (Lipinski definition) is 2. The Morgan fingerprint density at radius 3 is 2.41 bits per heavy atom. The molecule has 0 aliphatic rings. The van der Waals surface area contributed by atoms with Crippen LogP contribution in [-0.4, -0.2) is 16.3 Å². The highest BCUT2D eigenvalue weighted by Crippen LogP contribution is 2.28. The molecule has 0 bridgehead atoms. The van der Waals surface area contributed by atoms with Gasteiger partial charge in [0.2, 0.25) is 0 Å². The Labute approximate surface area is 102 Å². The molecule has 0 fully saturated rings. The number of carbonyl (C=O) groups is 1. The highest BCUT2D eigenvalue weighted by atomic mass is 32.2. The van der Waals surface area contributed by atoms with Crippen LogP contribution in [0.3, 0.4) is 0 Å². The number of rotatable bonds is 3. The van der Waals surface area contributed by atoms with Crippen molar-refractivity contribution in [1.82, 2.24) is 9.97 Å². The first kappa shape index (κ1) is 11.4. The first-order valence-corrected chi connectivity index (χ1v) is 5.63. The van der Waals surface area contributed by atoms with Crippen LogP contribution >= 0.6 is 11.8 Å². The Balaban J connectivity index is 2.34. The van der Waals surface area contributed by atoms with Crippen LogP contribution in [-0.2, 0) is 0 Å². The molecule has 1 heterocycles. The van der Waals surface area contributed by atoms with E-state index < -0.39 is 0 Å². The topological polar surface area (TPSA) is 94.9 Å². The molecular weight excluding hydrogens is 236 g/mol. The third-order valence-electron chi connectivity index (χ3n) is 1.99. The largest absolute Gasteiger partial charge is 0.383 e. The highest BCUT2D eigenvalue weighted by Gasteiger charge is 2.06. The molecule has 0 spiro atoms. The molecule has 1 aromatic carbocycles. The summed E-state index contributed by atoms with van der Waals surface area (Å²) in [7, 11) is 0. The van der Waals surface area contributed by atoms with Crippen LogP contribution in [0.1, 0.15) is 10.4 Å². The van der Waals surface area contributed by atoms with Gasteiger partial charge in [0, 0.05) is 16.5 Å². The van der Waals surface area contributed by atoms with E-state index in [1.165, 1.54) is 17.8 Å². The molecule has 0 aliphatic heterocycles. The Hall–Kier alpha value is -2.08. The number of nitrogen functional groups attached to an aromatic ring is 2. The van der Waals surface area contributed by atoms with E-state index in [1.807, 2.05) is 12.1 Å². The minimum Gasteiger partial charge on any atom is -0.383 e. The van der Waals surface area contributed by atoms with Crippen molar-refractivity contribution in [3.63, 3.8) is 0 Å². The van der Waals surface area contributed by atoms with Crippen LogP contribution in [0.25, 0.3) is 0 Å². The number of carbonyl (C=O) groups excluding carboxylic acids is 1. The van der Waals surface area contributed by atoms with E-state index in [9.17, 15) is 4.79 Å². The molecule has 0 saturated carbocycles. The summed E-state index contributed by atoms with van der Waals surface area (Å²) < 4.78 is 0. The van der Waals surface area contributed by atoms with Crippen molar-refractivity contribution < 1.29 is 4.79 Å². The Morgan fingerprint density at radius 1 is 1.12 bits per heavy atom. The van der Waals surface area contributed by atoms with Gasteiger partial charge >= 0.3 is 0 Å². The lowest BCUT2D eigenvalue weighted by molar-refractivity contribution is 0.112. The highest BCUT2D eigenvalue weighted by molar-refractivity contribution is 7.99. The summed E-state index contributed by atoms with van der Waals surface area (Å²) in [6.45, 7) is 0. The summed E-state index contributed by atoms with van der Waals surface area (Å²) in [5.74, 6) is 0.618.